The molecule has 2 aromatic carbocycles. The summed E-state index contributed by atoms with van der Waals surface area (Å²) >= 11 is 0. The van der Waals surface area contributed by atoms with Crippen molar-refractivity contribution in [2.75, 3.05) is 6.26 Å². The smallest absolute Gasteiger partial charge is 0.175 e. The van der Waals surface area contributed by atoms with E-state index in [4.69, 9.17) is 0 Å². The third kappa shape index (κ3) is 4.67. The largest absolute Gasteiger partial charge is 0.264 e. The minimum absolute atomic E-state index is 0.298. The molecule has 30 heavy (non-hydrogen) atoms. The van der Waals surface area contributed by atoms with E-state index in [9.17, 15) is 13.3 Å². The number of nitrogens with zero attached hydrogens (tertiary/aromatic N) is 3. The molecule has 1 aromatic heterocycles. The fourth-order valence-electron chi connectivity index (χ4n) is 3.22. The van der Waals surface area contributed by atoms with E-state index in [-0.39, 0.29) is 0 Å². The maximum atomic E-state index is 11.8. The maximum absolute atomic E-state index is 11.8. The number of hydrogen-bond acceptors (Lipinski definition) is 5. The zero-order chi connectivity index (χ0) is 22.1. The van der Waals surface area contributed by atoms with Crippen LogP contribution in [-0.4, -0.2) is 24.5 Å². The molecule has 0 bridgehead atoms. The Labute approximate surface area is 177 Å². The van der Waals surface area contributed by atoms with Crippen LogP contribution < -0.4 is 0 Å². The molecule has 0 fully saturated rings. The van der Waals surface area contributed by atoms with Gasteiger partial charge in [-0.3, -0.25) is 4.68 Å². The van der Waals surface area contributed by atoms with Gasteiger partial charge < -0.3 is 0 Å². The minimum Gasteiger partial charge on any atom is -0.264 e. The summed E-state index contributed by atoms with van der Waals surface area (Å²) in [7, 11) is -3.26. The first kappa shape index (κ1) is 21.9. The number of aromatic nitrogens is 2. The van der Waals surface area contributed by atoms with Gasteiger partial charge in [-0.15, -0.1) is 4.91 Å². The third-order valence-electron chi connectivity index (χ3n) is 4.95. The molecule has 0 aliphatic carbocycles. The van der Waals surface area contributed by atoms with Crippen molar-refractivity contribution in [2.45, 2.75) is 44.7 Å². The Morgan fingerprint density at radius 2 is 1.63 bits per heavy atom. The van der Waals surface area contributed by atoms with Gasteiger partial charge in [0.2, 0.25) is 0 Å². The van der Waals surface area contributed by atoms with E-state index in [0.29, 0.717) is 16.5 Å². The van der Waals surface area contributed by atoms with E-state index < -0.39 is 15.4 Å². The Hall–Kier alpha value is -2.80. The number of sulfone groups is 1. The van der Waals surface area contributed by atoms with Crippen LogP contribution in [0.2, 0.25) is 0 Å². The average Bonchev–Trinajstić information content (AvgIpc) is 3.11. The molecular formula is C23H27N3O3S. The highest BCUT2D eigenvalue weighted by Gasteiger charge is 2.26. The average molecular weight is 426 g/mol. The van der Waals surface area contributed by atoms with Crippen molar-refractivity contribution in [3.8, 4) is 22.4 Å². The molecule has 0 aliphatic rings. The van der Waals surface area contributed by atoms with Crippen molar-refractivity contribution in [3.05, 3.63) is 65.2 Å². The SMILES string of the molecule is CC(C)Cn1nc(C(C)(C)N=O)cc1-c1ccc(-c2cccc(S(C)(=O)=O)c2)cc1. The number of rotatable bonds is 7. The summed E-state index contributed by atoms with van der Waals surface area (Å²) in [5.74, 6) is 0.391. The molecule has 0 saturated carbocycles. The zero-order valence-electron chi connectivity index (χ0n) is 18.0. The van der Waals surface area contributed by atoms with Crippen molar-refractivity contribution < 1.29 is 8.42 Å². The highest BCUT2D eigenvalue weighted by Crippen LogP contribution is 2.31. The van der Waals surface area contributed by atoms with Gasteiger partial charge in [-0.25, -0.2) is 8.42 Å². The predicted octanol–water partition coefficient (Wildman–Crippen LogP) is 5.28. The summed E-state index contributed by atoms with van der Waals surface area (Å²) in [5.41, 5.74) is 3.40. The Morgan fingerprint density at radius 3 is 2.20 bits per heavy atom. The van der Waals surface area contributed by atoms with E-state index in [1.54, 1.807) is 32.0 Å². The molecule has 0 spiro atoms. The van der Waals surface area contributed by atoms with E-state index in [2.05, 4.69) is 24.1 Å². The predicted molar refractivity (Wildman–Crippen MR) is 120 cm³/mol. The van der Waals surface area contributed by atoms with Crippen molar-refractivity contribution in [1.29, 1.82) is 0 Å². The highest BCUT2D eigenvalue weighted by atomic mass is 32.2. The molecule has 0 radical (unpaired) electrons. The van der Waals surface area contributed by atoms with Gasteiger partial charge in [0, 0.05) is 12.8 Å². The summed E-state index contributed by atoms with van der Waals surface area (Å²) < 4.78 is 25.6. The molecule has 0 amide bonds. The molecule has 0 unspecified atom stereocenters. The van der Waals surface area contributed by atoms with Crippen LogP contribution in [0.4, 0.5) is 0 Å². The lowest BCUT2D eigenvalue weighted by atomic mass is 10.00. The maximum Gasteiger partial charge on any atom is 0.175 e. The molecule has 7 heteroatoms. The fourth-order valence-corrected chi connectivity index (χ4v) is 3.89. The van der Waals surface area contributed by atoms with Crippen molar-refractivity contribution in [2.24, 2.45) is 11.1 Å². The van der Waals surface area contributed by atoms with Crippen LogP contribution >= 0.6 is 0 Å². The van der Waals surface area contributed by atoms with Crippen molar-refractivity contribution >= 4 is 9.84 Å². The van der Waals surface area contributed by atoms with Gasteiger partial charge in [-0.05, 0) is 54.7 Å². The molecule has 3 rings (SSSR count). The van der Waals surface area contributed by atoms with Gasteiger partial charge in [0.25, 0.3) is 0 Å². The minimum atomic E-state index is -3.26. The van der Waals surface area contributed by atoms with Gasteiger partial charge in [0.05, 0.1) is 16.3 Å². The lowest BCUT2D eigenvalue weighted by Crippen LogP contribution is -2.15. The fraction of sp³-hybridized carbons (Fsp3) is 0.348. The molecule has 0 atom stereocenters. The zero-order valence-corrected chi connectivity index (χ0v) is 18.8. The first-order valence-electron chi connectivity index (χ1n) is 9.85. The van der Waals surface area contributed by atoms with E-state index in [1.165, 1.54) is 6.26 Å². The summed E-state index contributed by atoms with van der Waals surface area (Å²) in [6.07, 6.45) is 1.21. The van der Waals surface area contributed by atoms with E-state index in [1.807, 2.05) is 41.1 Å². The van der Waals surface area contributed by atoms with Gasteiger partial charge in [0.1, 0.15) is 5.54 Å². The van der Waals surface area contributed by atoms with Gasteiger partial charge in [-0.1, -0.05) is 55.4 Å². The summed E-state index contributed by atoms with van der Waals surface area (Å²) in [6.45, 7) is 8.47. The van der Waals surface area contributed by atoms with Gasteiger partial charge in [-0.2, -0.15) is 5.10 Å². The Morgan fingerprint density at radius 1 is 1.00 bits per heavy atom. The number of hydrogen-bond donors (Lipinski definition) is 0. The molecule has 1 heterocycles. The Balaban J connectivity index is 2.01. The monoisotopic (exact) mass is 425 g/mol. The first-order valence-corrected chi connectivity index (χ1v) is 11.7. The van der Waals surface area contributed by atoms with Crippen LogP contribution in [0.15, 0.2) is 64.7 Å². The Kier molecular flexibility index (Phi) is 5.94. The van der Waals surface area contributed by atoms with Crippen LogP contribution in [0.1, 0.15) is 33.4 Å². The summed E-state index contributed by atoms with van der Waals surface area (Å²) in [5, 5.41) is 7.87. The third-order valence-corrected chi connectivity index (χ3v) is 6.06. The van der Waals surface area contributed by atoms with E-state index >= 15 is 0 Å². The Bertz CT molecular complexity index is 1160. The van der Waals surface area contributed by atoms with Crippen molar-refractivity contribution in [1.82, 2.24) is 9.78 Å². The number of nitroso groups, excluding NO2 is 1. The molecule has 0 N–H and O–H groups in total. The normalized spacial score (nSPS) is 12.3. The second kappa shape index (κ2) is 8.14. The second-order valence-electron chi connectivity index (χ2n) is 8.52. The van der Waals surface area contributed by atoms with Gasteiger partial charge in [0.15, 0.2) is 9.84 Å². The van der Waals surface area contributed by atoms with Gasteiger partial charge >= 0.3 is 0 Å². The second-order valence-corrected chi connectivity index (χ2v) is 10.5. The van der Waals surface area contributed by atoms with Crippen LogP contribution in [0.5, 0.6) is 0 Å². The van der Waals surface area contributed by atoms with Crippen LogP contribution in [0.25, 0.3) is 22.4 Å². The van der Waals surface area contributed by atoms with Crippen LogP contribution in [0.3, 0.4) is 0 Å². The molecule has 0 saturated heterocycles. The lowest BCUT2D eigenvalue weighted by molar-refractivity contribution is 0.462. The summed E-state index contributed by atoms with van der Waals surface area (Å²) in [6, 6.07) is 16.7. The molecule has 3 aromatic rings. The molecule has 0 aliphatic heterocycles. The molecule has 158 valence electrons. The van der Waals surface area contributed by atoms with E-state index in [0.717, 1.165) is 28.9 Å². The highest BCUT2D eigenvalue weighted by molar-refractivity contribution is 7.90. The van der Waals surface area contributed by atoms with Crippen LogP contribution in [-0.2, 0) is 21.9 Å². The number of benzene rings is 2. The summed E-state index contributed by atoms with van der Waals surface area (Å²) in [4.78, 5) is 11.6. The van der Waals surface area contributed by atoms with Crippen LogP contribution in [0, 0.1) is 10.8 Å². The van der Waals surface area contributed by atoms with Crippen molar-refractivity contribution in [3.63, 3.8) is 0 Å². The molecule has 6 nitrogen and oxygen atoms in total. The quantitative estimate of drug-likeness (QED) is 0.482. The topological polar surface area (TPSA) is 81.4 Å². The lowest BCUT2D eigenvalue weighted by Gasteiger charge is -2.12. The molecular weight excluding hydrogens is 398 g/mol. The standard InChI is InChI=1S/C23H27N3O3S/c1-16(2)15-26-21(14-22(24-26)23(3,4)25-27)18-11-9-17(10-12-18)19-7-6-8-20(13-19)30(5,28)29/h6-14,16H,15H2,1-5H3. The first-order chi connectivity index (χ1) is 14.0.